The van der Waals surface area contributed by atoms with Crippen molar-refractivity contribution in [2.45, 2.75) is 46.1 Å². The van der Waals surface area contributed by atoms with E-state index in [4.69, 9.17) is 10.6 Å². The van der Waals surface area contributed by atoms with Crippen molar-refractivity contribution in [2.24, 2.45) is 10.9 Å². The molecule has 0 atom stereocenters. The Morgan fingerprint density at radius 2 is 1.90 bits per heavy atom. The van der Waals surface area contributed by atoms with E-state index in [0.29, 0.717) is 23.6 Å². The number of rotatable bonds is 6. The van der Waals surface area contributed by atoms with Crippen molar-refractivity contribution in [3.63, 3.8) is 0 Å². The summed E-state index contributed by atoms with van der Waals surface area (Å²) in [5.74, 6) is 5.17. The Labute approximate surface area is 120 Å². The van der Waals surface area contributed by atoms with Crippen molar-refractivity contribution in [1.82, 2.24) is 5.06 Å². The van der Waals surface area contributed by atoms with Crippen molar-refractivity contribution in [2.75, 3.05) is 12.8 Å². The highest BCUT2D eigenvalue weighted by atomic mass is 32.2. The third kappa shape index (κ3) is 8.70. The van der Waals surface area contributed by atoms with Crippen LogP contribution in [-0.4, -0.2) is 43.7 Å². The lowest BCUT2D eigenvalue weighted by molar-refractivity contribution is -0.0664. The molecule has 1 amide bonds. The van der Waals surface area contributed by atoms with Crippen LogP contribution in [0.4, 0.5) is 4.79 Å². The van der Waals surface area contributed by atoms with Gasteiger partial charge in [-0.2, -0.15) is 18.6 Å². The molecule has 0 aliphatic heterocycles. The zero-order chi connectivity index (χ0) is 16.0. The Balaban J connectivity index is 4.86. The number of ether oxygens (including phenoxy) is 1. The van der Waals surface area contributed by atoms with Crippen LogP contribution < -0.4 is 5.84 Å². The molecule has 0 aromatic rings. The summed E-state index contributed by atoms with van der Waals surface area (Å²) in [4.78, 5) is 11.9. The van der Waals surface area contributed by atoms with Gasteiger partial charge in [-0.1, -0.05) is 6.92 Å². The molecule has 0 heterocycles. The van der Waals surface area contributed by atoms with E-state index in [1.165, 1.54) is 0 Å². The number of carbonyl (C=O) groups excluding carboxylic acids is 1. The van der Waals surface area contributed by atoms with Gasteiger partial charge in [-0.15, -0.1) is 4.28 Å². The molecule has 20 heavy (non-hydrogen) atoms. The zero-order valence-electron chi connectivity index (χ0n) is 12.5. The van der Waals surface area contributed by atoms with Crippen molar-refractivity contribution in [3.05, 3.63) is 0 Å². The second kappa shape index (κ2) is 7.44. The Hall–Kier alpha value is -1.35. The Kier molecular flexibility index (Phi) is 6.94. The molecular weight excluding hydrogens is 286 g/mol. The maximum Gasteiger partial charge on any atom is 0.435 e. The van der Waals surface area contributed by atoms with Crippen LogP contribution in [0.3, 0.4) is 0 Å². The highest BCUT2D eigenvalue weighted by molar-refractivity contribution is 7.85. The third-order valence-corrected chi connectivity index (χ3v) is 2.47. The summed E-state index contributed by atoms with van der Waals surface area (Å²) < 4.78 is 32.0. The van der Waals surface area contributed by atoms with Gasteiger partial charge < -0.3 is 10.6 Å². The minimum absolute atomic E-state index is 0.0220. The van der Waals surface area contributed by atoms with E-state index in [2.05, 4.69) is 9.39 Å². The molecule has 0 bridgehead atoms. The number of hydrogen-bond donors (Lipinski definition) is 1. The van der Waals surface area contributed by atoms with Crippen molar-refractivity contribution in [1.29, 1.82) is 0 Å². The second-order valence-electron chi connectivity index (χ2n) is 5.16. The third-order valence-electron chi connectivity index (χ3n) is 2.02. The number of nitrogens with two attached hydrogens (primary N) is 1. The molecule has 0 fully saturated rings. The average molecular weight is 309 g/mol. The Morgan fingerprint density at radius 3 is 2.25 bits per heavy atom. The summed E-state index contributed by atoms with van der Waals surface area (Å²) in [6, 6.07) is 0. The summed E-state index contributed by atoms with van der Waals surface area (Å²) in [6.07, 6.45) is 0.858. The molecule has 2 N–H and O–H groups in total. The highest BCUT2D eigenvalue weighted by Gasteiger charge is 2.26. The molecule has 0 aromatic heterocycles. The standard InChI is InChI=1S/C11H23N3O5S/c1-6-9(13-12)7-8-14(19-20(5,16)17)10(15)18-11(2,3)4/h6-8,12H2,1-5H3/b13-9+. The van der Waals surface area contributed by atoms with Crippen LogP contribution in [0, 0.1) is 0 Å². The largest absolute Gasteiger partial charge is 0.442 e. The lowest BCUT2D eigenvalue weighted by atomic mass is 10.2. The quantitative estimate of drug-likeness (QED) is 0.449. The molecule has 0 saturated heterocycles. The first kappa shape index (κ1) is 18.7. The van der Waals surface area contributed by atoms with Crippen LogP contribution in [0.1, 0.15) is 40.5 Å². The number of hydrogen-bond acceptors (Lipinski definition) is 7. The minimum Gasteiger partial charge on any atom is -0.442 e. The van der Waals surface area contributed by atoms with Gasteiger partial charge >= 0.3 is 6.09 Å². The number of hydrazone groups is 1. The number of amides is 1. The van der Waals surface area contributed by atoms with Crippen molar-refractivity contribution in [3.8, 4) is 0 Å². The van der Waals surface area contributed by atoms with E-state index < -0.39 is 21.8 Å². The van der Waals surface area contributed by atoms with Crippen molar-refractivity contribution < 1.29 is 22.2 Å². The summed E-state index contributed by atoms with van der Waals surface area (Å²) in [5.41, 5.74) is -0.123. The van der Waals surface area contributed by atoms with Gasteiger partial charge in [0.05, 0.1) is 12.8 Å². The molecular formula is C11H23N3O5S. The van der Waals surface area contributed by atoms with Gasteiger partial charge in [0, 0.05) is 12.1 Å². The Morgan fingerprint density at radius 1 is 1.35 bits per heavy atom. The zero-order valence-corrected chi connectivity index (χ0v) is 13.4. The normalized spacial score (nSPS) is 13.2. The monoisotopic (exact) mass is 309 g/mol. The topological polar surface area (TPSA) is 111 Å². The smallest absolute Gasteiger partial charge is 0.435 e. The molecule has 118 valence electrons. The SMILES string of the molecule is CC/C(CCN(OS(C)(=O)=O)C(=O)OC(C)(C)C)=N\N. The lowest BCUT2D eigenvalue weighted by Crippen LogP contribution is -2.39. The van der Waals surface area contributed by atoms with Crippen LogP contribution in [0.25, 0.3) is 0 Å². The van der Waals surface area contributed by atoms with Crippen molar-refractivity contribution >= 4 is 21.9 Å². The molecule has 8 nitrogen and oxygen atoms in total. The predicted octanol–water partition coefficient (Wildman–Crippen LogP) is 1.23. The first-order chi connectivity index (χ1) is 8.98. The summed E-state index contributed by atoms with van der Waals surface area (Å²) in [7, 11) is -3.83. The van der Waals surface area contributed by atoms with Gasteiger partial charge in [0.2, 0.25) is 0 Å². The lowest BCUT2D eigenvalue weighted by Gasteiger charge is -2.25. The summed E-state index contributed by atoms with van der Waals surface area (Å²) >= 11 is 0. The van der Waals surface area contributed by atoms with E-state index in [1.54, 1.807) is 20.8 Å². The molecule has 0 unspecified atom stereocenters. The number of carbonyl (C=O) groups is 1. The molecule has 0 spiro atoms. The molecule has 0 aliphatic rings. The van der Waals surface area contributed by atoms with Gasteiger partial charge in [-0.3, -0.25) is 0 Å². The number of nitrogens with zero attached hydrogens (tertiary/aromatic N) is 2. The highest BCUT2D eigenvalue weighted by Crippen LogP contribution is 2.12. The van der Waals surface area contributed by atoms with Crippen LogP contribution >= 0.6 is 0 Å². The first-order valence-corrected chi connectivity index (χ1v) is 7.96. The van der Waals surface area contributed by atoms with Gasteiger partial charge in [0.1, 0.15) is 5.60 Å². The van der Waals surface area contributed by atoms with Crippen LogP contribution in [0.2, 0.25) is 0 Å². The van der Waals surface area contributed by atoms with Gasteiger partial charge in [0.15, 0.2) is 0 Å². The van der Waals surface area contributed by atoms with E-state index in [9.17, 15) is 13.2 Å². The van der Waals surface area contributed by atoms with Crippen LogP contribution in [0.15, 0.2) is 5.10 Å². The number of hydroxylamine groups is 2. The second-order valence-corrected chi connectivity index (χ2v) is 6.72. The fourth-order valence-electron chi connectivity index (χ4n) is 1.20. The predicted molar refractivity (Wildman–Crippen MR) is 75.4 cm³/mol. The molecule has 0 rings (SSSR count). The fourth-order valence-corrected chi connectivity index (χ4v) is 1.66. The molecule has 0 saturated carbocycles. The van der Waals surface area contributed by atoms with Crippen LogP contribution in [-0.2, 0) is 19.1 Å². The van der Waals surface area contributed by atoms with Gasteiger partial charge in [-0.05, 0) is 27.2 Å². The Bertz CT molecular complexity index is 453. The molecule has 0 radical (unpaired) electrons. The maximum absolute atomic E-state index is 11.9. The van der Waals surface area contributed by atoms with Gasteiger partial charge in [-0.25, -0.2) is 4.79 Å². The van der Waals surface area contributed by atoms with E-state index >= 15 is 0 Å². The fraction of sp³-hybridized carbons (Fsp3) is 0.818. The van der Waals surface area contributed by atoms with Crippen LogP contribution in [0.5, 0.6) is 0 Å². The van der Waals surface area contributed by atoms with Gasteiger partial charge in [0.25, 0.3) is 10.1 Å². The van der Waals surface area contributed by atoms with E-state index in [0.717, 1.165) is 6.26 Å². The van der Waals surface area contributed by atoms with E-state index in [-0.39, 0.29) is 6.54 Å². The molecule has 9 heteroatoms. The summed E-state index contributed by atoms with van der Waals surface area (Å²) in [6.45, 7) is 6.83. The first-order valence-electron chi connectivity index (χ1n) is 6.14. The minimum atomic E-state index is -3.83. The average Bonchev–Trinajstić information content (AvgIpc) is 2.24. The molecule has 0 aliphatic carbocycles. The maximum atomic E-state index is 11.9. The summed E-state index contributed by atoms with van der Waals surface area (Å²) in [5, 5.41) is 4.20. The van der Waals surface area contributed by atoms with E-state index in [1.807, 2.05) is 6.92 Å². The molecule has 0 aromatic carbocycles.